The third-order valence-corrected chi connectivity index (χ3v) is 3.02. The summed E-state index contributed by atoms with van der Waals surface area (Å²) in [6.45, 7) is 1.89. The van der Waals surface area contributed by atoms with Crippen molar-refractivity contribution in [3.63, 3.8) is 0 Å². The van der Waals surface area contributed by atoms with Gasteiger partial charge in [0.25, 0.3) is 0 Å². The number of hydrogen-bond acceptors (Lipinski definition) is 3. The summed E-state index contributed by atoms with van der Waals surface area (Å²) in [5.74, 6) is -1.42. The highest BCUT2D eigenvalue weighted by Crippen LogP contribution is 2.08. The SMILES string of the molecule is CCCCCCCCCC(=O)NC(=N)N(C)CC(=O)O. The fourth-order valence-electron chi connectivity index (χ4n) is 1.81. The summed E-state index contributed by atoms with van der Waals surface area (Å²) in [4.78, 5) is 23.2. The summed E-state index contributed by atoms with van der Waals surface area (Å²) in [5.41, 5.74) is 0. The van der Waals surface area contributed by atoms with Crippen molar-refractivity contribution in [1.29, 1.82) is 5.41 Å². The summed E-state index contributed by atoms with van der Waals surface area (Å²) in [5, 5.41) is 18.5. The lowest BCUT2D eigenvalue weighted by molar-refractivity contribution is -0.137. The molecule has 116 valence electrons. The first-order chi connectivity index (χ1) is 9.47. The smallest absolute Gasteiger partial charge is 0.323 e. The number of hydrogen-bond donors (Lipinski definition) is 3. The molecule has 0 aromatic rings. The summed E-state index contributed by atoms with van der Waals surface area (Å²) < 4.78 is 0. The number of carboxylic acids is 1. The predicted molar refractivity (Wildman–Crippen MR) is 78.7 cm³/mol. The van der Waals surface area contributed by atoms with Crippen LogP contribution < -0.4 is 5.32 Å². The molecule has 0 heterocycles. The maximum Gasteiger partial charge on any atom is 0.323 e. The lowest BCUT2D eigenvalue weighted by atomic mass is 10.1. The Kier molecular flexibility index (Phi) is 10.4. The van der Waals surface area contributed by atoms with Crippen LogP contribution in [0, 0.1) is 5.41 Å². The van der Waals surface area contributed by atoms with E-state index in [1.807, 2.05) is 0 Å². The molecule has 0 aliphatic carbocycles. The second-order valence-electron chi connectivity index (χ2n) is 5.02. The molecular formula is C14H27N3O3. The highest BCUT2D eigenvalue weighted by atomic mass is 16.4. The third-order valence-electron chi connectivity index (χ3n) is 3.02. The number of nitrogens with zero attached hydrogens (tertiary/aromatic N) is 1. The first-order valence-electron chi connectivity index (χ1n) is 7.28. The van der Waals surface area contributed by atoms with Gasteiger partial charge in [0, 0.05) is 13.5 Å². The minimum atomic E-state index is -1.03. The van der Waals surface area contributed by atoms with Crippen LogP contribution in [0.4, 0.5) is 0 Å². The Balaban J connectivity index is 3.62. The van der Waals surface area contributed by atoms with Crippen LogP contribution >= 0.6 is 0 Å². The molecule has 0 spiro atoms. The quantitative estimate of drug-likeness (QED) is 0.326. The first kappa shape index (κ1) is 18.4. The van der Waals surface area contributed by atoms with E-state index in [1.54, 1.807) is 0 Å². The van der Waals surface area contributed by atoms with Crippen molar-refractivity contribution in [1.82, 2.24) is 10.2 Å². The highest BCUT2D eigenvalue weighted by molar-refractivity contribution is 5.96. The van der Waals surface area contributed by atoms with Crippen LogP contribution in [0.2, 0.25) is 0 Å². The van der Waals surface area contributed by atoms with Gasteiger partial charge in [-0.25, -0.2) is 0 Å². The zero-order chi connectivity index (χ0) is 15.4. The van der Waals surface area contributed by atoms with E-state index in [0.29, 0.717) is 6.42 Å². The van der Waals surface area contributed by atoms with E-state index < -0.39 is 5.97 Å². The molecular weight excluding hydrogens is 258 g/mol. The molecule has 0 saturated heterocycles. The molecule has 6 heteroatoms. The molecule has 0 rings (SSSR count). The predicted octanol–water partition coefficient (Wildman–Crippen LogP) is 2.19. The Morgan fingerprint density at radius 1 is 1.10 bits per heavy atom. The van der Waals surface area contributed by atoms with Gasteiger partial charge in [-0.2, -0.15) is 0 Å². The summed E-state index contributed by atoms with van der Waals surface area (Å²) in [6, 6.07) is 0. The minimum absolute atomic E-state index is 0.166. The van der Waals surface area contributed by atoms with Crippen molar-refractivity contribution < 1.29 is 14.7 Å². The number of carbonyl (C=O) groups is 2. The summed E-state index contributed by atoms with van der Waals surface area (Å²) in [7, 11) is 1.46. The molecule has 0 aliphatic heterocycles. The Labute approximate surface area is 121 Å². The Morgan fingerprint density at radius 2 is 1.65 bits per heavy atom. The monoisotopic (exact) mass is 285 g/mol. The van der Waals surface area contributed by atoms with Gasteiger partial charge in [0.1, 0.15) is 6.54 Å². The zero-order valence-electron chi connectivity index (χ0n) is 12.6. The lowest BCUT2D eigenvalue weighted by Gasteiger charge is -2.17. The second kappa shape index (κ2) is 11.3. The van der Waals surface area contributed by atoms with E-state index in [1.165, 1.54) is 37.6 Å². The topological polar surface area (TPSA) is 93.5 Å². The van der Waals surface area contributed by atoms with Gasteiger partial charge in [0.05, 0.1) is 0 Å². The van der Waals surface area contributed by atoms with Crippen molar-refractivity contribution in [2.75, 3.05) is 13.6 Å². The van der Waals surface area contributed by atoms with E-state index in [2.05, 4.69) is 12.2 Å². The van der Waals surface area contributed by atoms with E-state index >= 15 is 0 Å². The normalized spacial score (nSPS) is 10.1. The van der Waals surface area contributed by atoms with Crippen molar-refractivity contribution in [2.45, 2.75) is 58.3 Å². The number of nitrogens with one attached hydrogen (secondary N) is 2. The van der Waals surface area contributed by atoms with Gasteiger partial charge in [-0.1, -0.05) is 45.4 Å². The molecule has 0 radical (unpaired) electrons. The summed E-state index contributed by atoms with van der Waals surface area (Å²) in [6.07, 6.45) is 8.34. The van der Waals surface area contributed by atoms with E-state index in [4.69, 9.17) is 10.5 Å². The van der Waals surface area contributed by atoms with Crippen LogP contribution in [0.5, 0.6) is 0 Å². The first-order valence-corrected chi connectivity index (χ1v) is 7.28. The number of guanidine groups is 1. The molecule has 0 aliphatic rings. The number of rotatable bonds is 10. The molecule has 0 aromatic carbocycles. The van der Waals surface area contributed by atoms with Crippen LogP contribution in [0.3, 0.4) is 0 Å². The van der Waals surface area contributed by atoms with Gasteiger partial charge in [-0.05, 0) is 6.42 Å². The highest BCUT2D eigenvalue weighted by Gasteiger charge is 2.11. The largest absolute Gasteiger partial charge is 0.480 e. The zero-order valence-corrected chi connectivity index (χ0v) is 12.6. The molecule has 0 bridgehead atoms. The molecule has 1 amide bonds. The number of carboxylic acid groups (broad SMARTS) is 1. The number of likely N-dealkylation sites (N-methyl/N-ethyl adjacent to an activating group) is 1. The third kappa shape index (κ3) is 10.3. The average Bonchev–Trinajstić information content (AvgIpc) is 2.36. The fourth-order valence-corrected chi connectivity index (χ4v) is 1.81. The maximum absolute atomic E-state index is 11.6. The average molecular weight is 285 g/mol. The Bertz CT molecular complexity index is 319. The Hall–Kier alpha value is -1.59. The fraction of sp³-hybridized carbons (Fsp3) is 0.786. The minimum Gasteiger partial charge on any atom is -0.480 e. The lowest BCUT2D eigenvalue weighted by Crippen LogP contribution is -2.43. The number of aliphatic carboxylic acids is 1. The van der Waals surface area contributed by atoms with Gasteiger partial charge in [0.15, 0.2) is 5.96 Å². The standard InChI is InChI=1S/C14H27N3O3/c1-3-4-5-6-7-8-9-10-12(18)16-14(15)17(2)11-13(19)20/h3-11H2,1-2H3,(H,19,20)(H2,15,16,18). The van der Waals surface area contributed by atoms with E-state index in [0.717, 1.165) is 19.3 Å². The van der Waals surface area contributed by atoms with Crippen molar-refractivity contribution in [3.8, 4) is 0 Å². The van der Waals surface area contributed by atoms with Gasteiger partial charge >= 0.3 is 5.97 Å². The Morgan fingerprint density at radius 3 is 2.20 bits per heavy atom. The van der Waals surface area contributed by atoms with Crippen molar-refractivity contribution in [3.05, 3.63) is 0 Å². The van der Waals surface area contributed by atoms with Crippen LogP contribution in [0.25, 0.3) is 0 Å². The number of amides is 1. The molecule has 3 N–H and O–H groups in total. The molecule has 0 fully saturated rings. The molecule has 0 unspecified atom stereocenters. The number of carbonyl (C=O) groups excluding carboxylic acids is 1. The molecule has 0 atom stereocenters. The van der Waals surface area contributed by atoms with Crippen LogP contribution in [-0.4, -0.2) is 41.4 Å². The van der Waals surface area contributed by atoms with Gasteiger partial charge in [-0.15, -0.1) is 0 Å². The van der Waals surface area contributed by atoms with Crippen LogP contribution in [0.1, 0.15) is 58.3 Å². The molecule has 6 nitrogen and oxygen atoms in total. The second-order valence-corrected chi connectivity index (χ2v) is 5.02. The van der Waals surface area contributed by atoms with Gasteiger partial charge in [-0.3, -0.25) is 20.3 Å². The van der Waals surface area contributed by atoms with Crippen LogP contribution in [0.15, 0.2) is 0 Å². The van der Waals surface area contributed by atoms with Crippen molar-refractivity contribution >= 4 is 17.8 Å². The van der Waals surface area contributed by atoms with Crippen molar-refractivity contribution in [2.24, 2.45) is 0 Å². The molecule has 0 aromatic heterocycles. The van der Waals surface area contributed by atoms with E-state index in [-0.39, 0.29) is 18.4 Å². The molecule has 0 saturated carbocycles. The molecule has 20 heavy (non-hydrogen) atoms. The van der Waals surface area contributed by atoms with Crippen LogP contribution in [-0.2, 0) is 9.59 Å². The van der Waals surface area contributed by atoms with Gasteiger partial charge in [0.2, 0.25) is 5.91 Å². The van der Waals surface area contributed by atoms with Gasteiger partial charge < -0.3 is 10.0 Å². The maximum atomic E-state index is 11.6. The van der Waals surface area contributed by atoms with E-state index in [9.17, 15) is 9.59 Å². The summed E-state index contributed by atoms with van der Waals surface area (Å²) >= 11 is 0. The number of unbranched alkanes of at least 4 members (excludes halogenated alkanes) is 6.